The molecule has 0 unspecified atom stereocenters. The van der Waals surface area contributed by atoms with Gasteiger partial charge in [-0.05, 0) is 68.4 Å². The summed E-state index contributed by atoms with van der Waals surface area (Å²) in [5.41, 5.74) is 4.15. The number of hydrogen-bond donors (Lipinski definition) is 1. The first-order valence-corrected chi connectivity index (χ1v) is 10.5. The van der Waals surface area contributed by atoms with Crippen LogP contribution in [-0.4, -0.2) is 28.3 Å². The van der Waals surface area contributed by atoms with Crippen LogP contribution in [0.1, 0.15) is 33.3 Å². The van der Waals surface area contributed by atoms with Crippen LogP contribution in [0.2, 0.25) is 0 Å². The largest absolute Gasteiger partial charge is 0.461 e. The highest BCUT2D eigenvalue weighted by Crippen LogP contribution is 2.27. The van der Waals surface area contributed by atoms with E-state index in [2.05, 4.69) is 10.4 Å². The molecule has 7 heteroatoms. The topological polar surface area (TPSA) is 73.2 Å². The minimum absolute atomic E-state index is 0.130. The average molecular weight is 443 g/mol. The minimum atomic E-state index is -0.552. The molecule has 166 valence electrons. The molecule has 0 aliphatic heterocycles. The van der Waals surface area contributed by atoms with Gasteiger partial charge in [-0.1, -0.05) is 29.8 Å². The molecule has 0 spiro atoms. The van der Waals surface area contributed by atoms with Crippen molar-refractivity contribution < 1.29 is 18.7 Å². The normalized spacial score (nSPS) is 10.6. The number of hydrogen-bond acceptors (Lipinski definition) is 4. The number of carbonyl (C=O) groups is 2. The monoisotopic (exact) mass is 443 g/mol. The van der Waals surface area contributed by atoms with E-state index in [-0.39, 0.29) is 24.0 Å². The quantitative estimate of drug-likeness (QED) is 0.404. The Hall–Kier alpha value is -4.26. The predicted molar refractivity (Wildman–Crippen MR) is 124 cm³/mol. The molecule has 0 atom stereocenters. The van der Waals surface area contributed by atoms with Gasteiger partial charge in [0.25, 0.3) is 5.91 Å². The van der Waals surface area contributed by atoms with Crippen molar-refractivity contribution in [2.45, 2.75) is 13.8 Å². The lowest BCUT2D eigenvalue weighted by atomic mass is 10.1. The van der Waals surface area contributed by atoms with Crippen molar-refractivity contribution in [2.75, 3.05) is 11.9 Å². The van der Waals surface area contributed by atoms with Crippen LogP contribution in [0.15, 0.2) is 78.9 Å². The maximum absolute atomic E-state index is 13.5. The molecule has 0 saturated carbocycles. The van der Waals surface area contributed by atoms with E-state index in [1.54, 1.807) is 54.1 Å². The summed E-state index contributed by atoms with van der Waals surface area (Å²) >= 11 is 0. The van der Waals surface area contributed by atoms with Crippen molar-refractivity contribution >= 4 is 17.6 Å². The number of benzene rings is 3. The molecule has 1 N–H and O–H groups in total. The van der Waals surface area contributed by atoms with E-state index in [1.807, 2.05) is 31.2 Å². The molecule has 1 amide bonds. The summed E-state index contributed by atoms with van der Waals surface area (Å²) in [4.78, 5) is 25.0. The molecule has 1 heterocycles. The summed E-state index contributed by atoms with van der Waals surface area (Å²) in [7, 11) is 0. The van der Waals surface area contributed by atoms with Crippen LogP contribution >= 0.6 is 0 Å². The van der Waals surface area contributed by atoms with Crippen LogP contribution in [0.25, 0.3) is 16.9 Å². The highest BCUT2D eigenvalue weighted by Gasteiger charge is 2.18. The second kappa shape index (κ2) is 9.48. The third-order valence-corrected chi connectivity index (χ3v) is 4.96. The van der Waals surface area contributed by atoms with E-state index in [0.717, 1.165) is 5.56 Å². The van der Waals surface area contributed by atoms with Crippen LogP contribution in [0.4, 0.5) is 10.1 Å². The first kappa shape index (κ1) is 22.0. The van der Waals surface area contributed by atoms with E-state index >= 15 is 0 Å². The summed E-state index contributed by atoms with van der Waals surface area (Å²) in [6, 6.07) is 21.9. The molecule has 0 radical (unpaired) electrons. The zero-order valence-corrected chi connectivity index (χ0v) is 18.2. The third kappa shape index (κ3) is 4.98. The Morgan fingerprint density at radius 2 is 1.76 bits per heavy atom. The first-order chi connectivity index (χ1) is 15.9. The Labute approximate surface area is 190 Å². The molecule has 0 aliphatic rings. The minimum Gasteiger partial charge on any atom is -0.461 e. The Morgan fingerprint density at radius 3 is 2.48 bits per heavy atom. The molecule has 4 rings (SSSR count). The summed E-state index contributed by atoms with van der Waals surface area (Å²) < 4.78 is 20.1. The molecule has 6 nitrogen and oxygen atoms in total. The number of nitrogens with zero attached hydrogens (tertiary/aromatic N) is 2. The van der Waals surface area contributed by atoms with Crippen LogP contribution in [0.3, 0.4) is 0 Å². The van der Waals surface area contributed by atoms with E-state index in [9.17, 15) is 14.0 Å². The van der Waals surface area contributed by atoms with Crippen molar-refractivity contribution in [3.63, 3.8) is 0 Å². The zero-order chi connectivity index (χ0) is 23.4. The van der Waals surface area contributed by atoms with Crippen molar-refractivity contribution in [2.24, 2.45) is 0 Å². The molecule has 33 heavy (non-hydrogen) atoms. The second-order valence-corrected chi connectivity index (χ2v) is 7.43. The van der Waals surface area contributed by atoms with Gasteiger partial charge in [-0.15, -0.1) is 0 Å². The fourth-order valence-corrected chi connectivity index (χ4v) is 3.42. The van der Waals surface area contributed by atoms with Crippen LogP contribution in [-0.2, 0) is 4.74 Å². The number of anilines is 1. The Bertz CT molecular complexity index is 1310. The van der Waals surface area contributed by atoms with Crippen LogP contribution < -0.4 is 5.32 Å². The summed E-state index contributed by atoms with van der Waals surface area (Å²) in [6.07, 6.45) is 0. The molecule has 0 aliphatic carbocycles. The molecule has 4 aromatic rings. The number of carbonyl (C=O) groups excluding carboxylic acids is 2. The number of esters is 1. The van der Waals surface area contributed by atoms with Crippen molar-refractivity contribution in [1.82, 2.24) is 9.78 Å². The number of amides is 1. The molecule has 1 aromatic heterocycles. The lowest BCUT2D eigenvalue weighted by molar-refractivity contribution is 0.0519. The number of rotatable bonds is 6. The third-order valence-electron chi connectivity index (χ3n) is 4.96. The zero-order valence-electron chi connectivity index (χ0n) is 18.2. The van der Waals surface area contributed by atoms with E-state index in [0.29, 0.717) is 28.2 Å². The SMILES string of the molecule is CCOC(=O)c1cc(-c2cccc(NC(=O)c3cccc(C)c3)c2)n(-c2ccc(F)cc2)n1. The Balaban J connectivity index is 1.71. The van der Waals surface area contributed by atoms with Gasteiger partial charge in [-0.25, -0.2) is 13.9 Å². The second-order valence-electron chi connectivity index (χ2n) is 7.43. The summed E-state index contributed by atoms with van der Waals surface area (Å²) in [6.45, 7) is 3.86. The molecule has 0 bridgehead atoms. The lowest BCUT2D eigenvalue weighted by Gasteiger charge is -2.10. The number of aromatic nitrogens is 2. The van der Waals surface area contributed by atoms with Crippen LogP contribution in [0.5, 0.6) is 0 Å². The van der Waals surface area contributed by atoms with Gasteiger partial charge in [0.15, 0.2) is 5.69 Å². The van der Waals surface area contributed by atoms with E-state index in [4.69, 9.17) is 4.74 Å². The molecule has 0 saturated heterocycles. The van der Waals surface area contributed by atoms with Gasteiger partial charge < -0.3 is 10.1 Å². The fourth-order valence-electron chi connectivity index (χ4n) is 3.42. The standard InChI is InChI=1S/C26H22FN3O3/c1-3-33-26(32)23-16-24(30(29-23)22-12-10-20(27)11-13-22)18-7-5-9-21(15-18)28-25(31)19-8-4-6-17(2)14-19/h4-16H,3H2,1-2H3,(H,28,31). The van der Waals surface area contributed by atoms with Gasteiger partial charge in [0.05, 0.1) is 18.0 Å². The highest BCUT2D eigenvalue weighted by atomic mass is 19.1. The maximum Gasteiger partial charge on any atom is 0.358 e. The smallest absolute Gasteiger partial charge is 0.358 e. The predicted octanol–water partition coefficient (Wildman–Crippen LogP) is 5.42. The van der Waals surface area contributed by atoms with Gasteiger partial charge in [0, 0.05) is 16.8 Å². The summed E-state index contributed by atoms with van der Waals surface area (Å²) in [5.74, 6) is -1.16. The van der Waals surface area contributed by atoms with Crippen molar-refractivity contribution in [3.05, 3.63) is 102 Å². The number of ether oxygens (including phenoxy) is 1. The number of halogens is 1. The van der Waals surface area contributed by atoms with Crippen molar-refractivity contribution in [1.29, 1.82) is 0 Å². The molecule has 3 aromatic carbocycles. The molecular formula is C26H22FN3O3. The van der Waals surface area contributed by atoms with Crippen molar-refractivity contribution in [3.8, 4) is 16.9 Å². The van der Waals surface area contributed by atoms with Gasteiger partial charge in [0.2, 0.25) is 0 Å². The fraction of sp³-hybridized carbons (Fsp3) is 0.115. The lowest BCUT2D eigenvalue weighted by Crippen LogP contribution is -2.12. The number of aryl methyl sites for hydroxylation is 1. The van der Waals surface area contributed by atoms with Crippen LogP contribution in [0, 0.1) is 12.7 Å². The van der Waals surface area contributed by atoms with Gasteiger partial charge in [-0.2, -0.15) is 5.10 Å². The maximum atomic E-state index is 13.5. The molecular weight excluding hydrogens is 421 g/mol. The number of nitrogens with one attached hydrogen (secondary N) is 1. The van der Waals surface area contributed by atoms with Gasteiger partial charge in [-0.3, -0.25) is 4.79 Å². The molecule has 0 fully saturated rings. The Morgan fingerprint density at radius 1 is 1.00 bits per heavy atom. The Kier molecular flexibility index (Phi) is 6.31. The van der Waals surface area contributed by atoms with E-state index < -0.39 is 5.97 Å². The first-order valence-electron chi connectivity index (χ1n) is 10.5. The van der Waals surface area contributed by atoms with E-state index in [1.165, 1.54) is 12.1 Å². The van der Waals surface area contributed by atoms with Gasteiger partial charge in [0.1, 0.15) is 5.82 Å². The van der Waals surface area contributed by atoms with Gasteiger partial charge >= 0.3 is 5.97 Å². The summed E-state index contributed by atoms with van der Waals surface area (Å²) in [5, 5.41) is 7.29. The highest BCUT2D eigenvalue weighted by molar-refractivity contribution is 6.04. The average Bonchev–Trinajstić information content (AvgIpc) is 3.26.